The van der Waals surface area contributed by atoms with Crippen molar-refractivity contribution < 1.29 is 15.0 Å². The first-order valence-electron chi connectivity index (χ1n) is 4.64. The van der Waals surface area contributed by atoms with E-state index >= 15 is 0 Å². The largest absolute Gasteiger partial charge is 0.479 e. The molecule has 2 rings (SSSR count). The summed E-state index contributed by atoms with van der Waals surface area (Å²) in [5, 5.41) is 18.8. The Morgan fingerprint density at radius 2 is 2.13 bits per heavy atom. The molecule has 0 bridgehead atoms. The minimum absolute atomic E-state index is 0.124. The van der Waals surface area contributed by atoms with E-state index in [0.717, 1.165) is 16.5 Å². The molecule has 4 nitrogen and oxygen atoms in total. The Morgan fingerprint density at radius 3 is 2.87 bits per heavy atom. The minimum Gasteiger partial charge on any atom is -0.479 e. The van der Waals surface area contributed by atoms with Crippen LogP contribution in [0.3, 0.4) is 0 Å². The van der Waals surface area contributed by atoms with Gasteiger partial charge in [0.15, 0.2) is 6.10 Å². The van der Waals surface area contributed by atoms with E-state index in [-0.39, 0.29) is 6.42 Å². The summed E-state index contributed by atoms with van der Waals surface area (Å²) in [5.41, 5.74) is 1.77. The summed E-state index contributed by atoms with van der Waals surface area (Å²) in [6.45, 7) is 0. The van der Waals surface area contributed by atoms with Crippen molar-refractivity contribution in [2.24, 2.45) is 0 Å². The molecule has 15 heavy (non-hydrogen) atoms. The maximum Gasteiger partial charge on any atom is 0.332 e. The molecule has 1 atom stereocenters. The van der Waals surface area contributed by atoms with Gasteiger partial charge in [-0.05, 0) is 11.6 Å². The molecule has 0 saturated carbocycles. The van der Waals surface area contributed by atoms with Crippen LogP contribution in [0.15, 0.2) is 30.5 Å². The molecule has 0 fully saturated rings. The van der Waals surface area contributed by atoms with Crippen molar-refractivity contribution in [2.45, 2.75) is 12.5 Å². The molecule has 1 aromatic carbocycles. The van der Waals surface area contributed by atoms with Crippen LogP contribution in [0.2, 0.25) is 0 Å². The molecule has 0 amide bonds. The highest BCUT2D eigenvalue weighted by atomic mass is 16.4. The quantitative estimate of drug-likeness (QED) is 0.703. The van der Waals surface area contributed by atoms with Crippen molar-refractivity contribution in [3.05, 3.63) is 36.0 Å². The number of aliphatic hydroxyl groups is 1. The van der Waals surface area contributed by atoms with E-state index in [0.29, 0.717) is 0 Å². The molecule has 78 valence electrons. The molecule has 0 aliphatic rings. The zero-order chi connectivity index (χ0) is 10.8. The third-order valence-electron chi connectivity index (χ3n) is 2.37. The van der Waals surface area contributed by atoms with Crippen molar-refractivity contribution in [3.63, 3.8) is 0 Å². The van der Waals surface area contributed by atoms with Gasteiger partial charge in [-0.3, -0.25) is 0 Å². The molecule has 0 unspecified atom stereocenters. The van der Waals surface area contributed by atoms with Crippen LogP contribution in [0.25, 0.3) is 10.9 Å². The van der Waals surface area contributed by atoms with E-state index < -0.39 is 12.1 Å². The summed E-state index contributed by atoms with van der Waals surface area (Å²) in [6.07, 6.45) is 0.514. The highest BCUT2D eigenvalue weighted by molar-refractivity contribution is 5.84. The Kier molecular flexibility index (Phi) is 2.43. The molecular formula is C11H11NO3. The number of nitrogens with one attached hydrogen (secondary N) is 1. The second kappa shape index (κ2) is 3.74. The number of carboxylic acid groups (broad SMARTS) is 1. The van der Waals surface area contributed by atoms with Gasteiger partial charge in [0.05, 0.1) is 0 Å². The molecule has 1 aromatic heterocycles. The zero-order valence-electron chi connectivity index (χ0n) is 7.97. The Labute approximate surface area is 86.2 Å². The van der Waals surface area contributed by atoms with E-state index in [1.165, 1.54) is 0 Å². The second-order valence-electron chi connectivity index (χ2n) is 3.42. The Balaban J connectivity index is 2.32. The van der Waals surface area contributed by atoms with Crippen LogP contribution in [0.1, 0.15) is 5.56 Å². The van der Waals surface area contributed by atoms with Gasteiger partial charge in [0.1, 0.15) is 0 Å². The predicted molar refractivity (Wildman–Crippen MR) is 55.6 cm³/mol. The maximum atomic E-state index is 10.5. The first-order valence-corrected chi connectivity index (χ1v) is 4.64. The van der Waals surface area contributed by atoms with Gasteiger partial charge in [-0.1, -0.05) is 18.2 Å². The van der Waals surface area contributed by atoms with Crippen LogP contribution in [-0.4, -0.2) is 27.3 Å². The molecule has 2 aromatic rings. The number of carboxylic acids is 1. The number of carbonyl (C=O) groups is 1. The van der Waals surface area contributed by atoms with Gasteiger partial charge in [-0.25, -0.2) is 4.79 Å². The first-order chi connectivity index (χ1) is 7.18. The summed E-state index contributed by atoms with van der Waals surface area (Å²) in [4.78, 5) is 13.5. The van der Waals surface area contributed by atoms with Crippen LogP contribution < -0.4 is 0 Å². The minimum atomic E-state index is -1.34. The summed E-state index contributed by atoms with van der Waals surface area (Å²) >= 11 is 0. The lowest BCUT2D eigenvalue weighted by atomic mass is 10.1. The number of aromatic amines is 1. The number of fused-ring (bicyclic) bond motifs is 1. The van der Waals surface area contributed by atoms with Gasteiger partial charge in [-0.15, -0.1) is 0 Å². The maximum absolute atomic E-state index is 10.5. The highest BCUT2D eigenvalue weighted by Gasteiger charge is 2.15. The van der Waals surface area contributed by atoms with Crippen LogP contribution in [0.4, 0.5) is 0 Å². The number of H-pyrrole nitrogens is 1. The van der Waals surface area contributed by atoms with Crippen LogP contribution in [0, 0.1) is 0 Å². The SMILES string of the molecule is O=C(O)[C@@H](O)Cc1c[nH]c2ccccc12. The van der Waals surface area contributed by atoms with Crippen molar-refractivity contribution in [1.82, 2.24) is 4.98 Å². The highest BCUT2D eigenvalue weighted by Crippen LogP contribution is 2.18. The van der Waals surface area contributed by atoms with Gasteiger partial charge >= 0.3 is 5.97 Å². The van der Waals surface area contributed by atoms with Crippen LogP contribution >= 0.6 is 0 Å². The molecule has 4 heteroatoms. The van der Waals surface area contributed by atoms with Crippen LogP contribution in [-0.2, 0) is 11.2 Å². The second-order valence-corrected chi connectivity index (χ2v) is 3.42. The number of benzene rings is 1. The molecule has 0 aliphatic carbocycles. The predicted octanol–water partition coefficient (Wildman–Crippen LogP) is 1.16. The molecule has 0 aliphatic heterocycles. The van der Waals surface area contributed by atoms with Crippen molar-refractivity contribution >= 4 is 16.9 Å². The number of para-hydroxylation sites is 1. The monoisotopic (exact) mass is 205 g/mol. The first kappa shape index (κ1) is 9.73. The number of aromatic nitrogens is 1. The lowest BCUT2D eigenvalue weighted by molar-refractivity contribution is -0.146. The third-order valence-corrected chi connectivity index (χ3v) is 2.37. The van der Waals surface area contributed by atoms with Crippen molar-refractivity contribution in [2.75, 3.05) is 0 Å². The number of rotatable bonds is 3. The number of aliphatic carboxylic acids is 1. The summed E-state index contributed by atoms with van der Waals surface area (Å²) in [5.74, 6) is -1.19. The third kappa shape index (κ3) is 1.85. The smallest absolute Gasteiger partial charge is 0.332 e. The fourth-order valence-corrected chi connectivity index (χ4v) is 1.60. The van der Waals surface area contributed by atoms with E-state index in [2.05, 4.69) is 4.98 Å². The lowest BCUT2D eigenvalue weighted by Crippen LogP contribution is -2.21. The number of hydrogen-bond acceptors (Lipinski definition) is 2. The average Bonchev–Trinajstić information content (AvgIpc) is 2.62. The van der Waals surface area contributed by atoms with Crippen molar-refractivity contribution in [3.8, 4) is 0 Å². The van der Waals surface area contributed by atoms with Crippen LogP contribution in [0.5, 0.6) is 0 Å². The van der Waals surface area contributed by atoms with Gasteiger partial charge in [0, 0.05) is 23.5 Å². The molecule has 3 N–H and O–H groups in total. The van der Waals surface area contributed by atoms with E-state index in [4.69, 9.17) is 5.11 Å². The number of aliphatic hydroxyl groups excluding tert-OH is 1. The van der Waals surface area contributed by atoms with E-state index in [9.17, 15) is 9.90 Å². The fraction of sp³-hybridized carbons (Fsp3) is 0.182. The van der Waals surface area contributed by atoms with Gasteiger partial charge in [-0.2, -0.15) is 0 Å². The molecule has 0 saturated heterocycles. The Hall–Kier alpha value is -1.81. The summed E-state index contributed by atoms with van der Waals surface area (Å²) < 4.78 is 0. The zero-order valence-corrected chi connectivity index (χ0v) is 7.97. The Bertz CT molecular complexity index is 489. The molecular weight excluding hydrogens is 194 g/mol. The van der Waals surface area contributed by atoms with E-state index in [1.54, 1.807) is 6.20 Å². The lowest BCUT2D eigenvalue weighted by Gasteiger charge is -2.03. The van der Waals surface area contributed by atoms with Crippen molar-refractivity contribution in [1.29, 1.82) is 0 Å². The van der Waals surface area contributed by atoms with Gasteiger partial charge in [0.2, 0.25) is 0 Å². The summed E-state index contributed by atoms with van der Waals surface area (Å²) in [7, 11) is 0. The fourth-order valence-electron chi connectivity index (χ4n) is 1.60. The number of hydrogen-bond donors (Lipinski definition) is 3. The molecule has 0 radical (unpaired) electrons. The topological polar surface area (TPSA) is 73.3 Å². The standard InChI is InChI=1S/C11H11NO3/c13-10(11(14)15)5-7-6-12-9-4-2-1-3-8(7)9/h1-4,6,10,12-13H,5H2,(H,14,15)/t10-/m0/s1. The van der Waals surface area contributed by atoms with Gasteiger partial charge < -0.3 is 15.2 Å². The average molecular weight is 205 g/mol. The van der Waals surface area contributed by atoms with E-state index in [1.807, 2.05) is 24.3 Å². The Morgan fingerprint density at radius 1 is 1.40 bits per heavy atom. The van der Waals surface area contributed by atoms with Gasteiger partial charge in [0.25, 0.3) is 0 Å². The summed E-state index contributed by atoms with van der Waals surface area (Å²) in [6, 6.07) is 7.59. The molecule has 0 spiro atoms. The normalized spacial score (nSPS) is 12.9. The molecule has 1 heterocycles.